The van der Waals surface area contributed by atoms with E-state index in [1.807, 2.05) is 0 Å². The van der Waals surface area contributed by atoms with Crippen LogP contribution in [-0.2, 0) is 32.7 Å². The van der Waals surface area contributed by atoms with E-state index in [9.17, 15) is 0 Å². The van der Waals surface area contributed by atoms with Crippen LogP contribution in [0.15, 0.2) is 0 Å². The van der Waals surface area contributed by atoms with Crippen LogP contribution in [-0.4, -0.2) is 17.8 Å². The molecule has 3 heteroatoms. The van der Waals surface area contributed by atoms with Crippen LogP contribution in [0, 0.1) is 13.5 Å². The average molecular weight is 190 g/mol. The van der Waals surface area contributed by atoms with Crippen molar-refractivity contribution in [3.8, 4) is 0 Å². The third kappa shape index (κ3) is 10.1. The number of nitrogens with one attached hydrogen (secondary N) is 1. The molecule has 1 radical (unpaired) electrons. The minimum atomic E-state index is -0.373. The van der Waals surface area contributed by atoms with Crippen molar-refractivity contribution < 1.29 is 37.8 Å². The monoisotopic (exact) mass is 190 g/mol. The molecule has 0 amide bonds. The molecule has 0 saturated carbocycles. The Morgan fingerprint density at radius 2 is 2.38 bits per heavy atom. The molecular weight excluding hydrogens is 179 g/mol. The van der Waals surface area contributed by atoms with Gasteiger partial charge in [0.05, 0.1) is 0 Å². The Balaban J connectivity index is 0. The SMILES string of the molecule is [CH2-]CN[CH-]C(C)O.[Y]. The number of hydrogen-bond acceptors (Lipinski definition) is 2. The molecule has 0 aliphatic heterocycles. The van der Waals surface area contributed by atoms with Crippen molar-refractivity contribution in [1.82, 2.24) is 5.32 Å². The molecule has 0 aliphatic carbocycles. The van der Waals surface area contributed by atoms with E-state index < -0.39 is 0 Å². The summed E-state index contributed by atoms with van der Waals surface area (Å²) in [5.41, 5.74) is 0. The summed E-state index contributed by atoms with van der Waals surface area (Å²) in [6.07, 6.45) is -0.373. The number of aliphatic hydroxyl groups is 1. The van der Waals surface area contributed by atoms with Crippen molar-refractivity contribution in [2.45, 2.75) is 13.0 Å². The molecule has 0 aromatic heterocycles. The first-order valence-electron chi connectivity index (χ1n) is 2.31. The van der Waals surface area contributed by atoms with Crippen LogP contribution in [0.5, 0.6) is 0 Å². The van der Waals surface area contributed by atoms with Crippen LogP contribution >= 0.6 is 0 Å². The minimum Gasteiger partial charge on any atom is -0.493 e. The van der Waals surface area contributed by atoms with Gasteiger partial charge in [0.25, 0.3) is 0 Å². The Labute approximate surface area is 75.9 Å². The minimum absolute atomic E-state index is 0. The predicted molar refractivity (Wildman–Crippen MR) is 29.3 cm³/mol. The molecule has 8 heavy (non-hydrogen) atoms. The molecule has 0 rings (SSSR count). The summed E-state index contributed by atoms with van der Waals surface area (Å²) < 4.78 is 0. The van der Waals surface area contributed by atoms with Gasteiger partial charge in [0, 0.05) is 32.7 Å². The van der Waals surface area contributed by atoms with Gasteiger partial charge in [-0.15, -0.1) is 0 Å². The van der Waals surface area contributed by atoms with E-state index in [0.717, 1.165) is 0 Å². The maximum absolute atomic E-state index is 8.54. The summed E-state index contributed by atoms with van der Waals surface area (Å²) in [5.74, 6) is 0. The number of aliphatic hydroxyl groups excluding tert-OH is 1. The fourth-order valence-electron chi connectivity index (χ4n) is 0.254. The van der Waals surface area contributed by atoms with E-state index in [-0.39, 0.29) is 38.8 Å². The van der Waals surface area contributed by atoms with Gasteiger partial charge in [-0.2, -0.15) is 6.54 Å². The molecule has 0 saturated heterocycles. The van der Waals surface area contributed by atoms with Gasteiger partial charge >= 0.3 is 0 Å². The van der Waals surface area contributed by atoms with Gasteiger partial charge in [-0.05, 0) is 0 Å². The van der Waals surface area contributed by atoms with Crippen molar-refractivity contribution >= 4 is 0 Å². The van der Waals surface area contributed by atoms with E-state index in [1.54, 1.807) is 13.5 Å². The normalized spacial score (nSPS) is 12.4. The summed E-state index contributed by atoms with van der Waals surface area (Å²) in [5, 5.41) is 11.3. The smallest absolute Gasteiger partial charge is 0 e. The van der Waals surface area contributed by atoms with E-state index >= 15 is 0 Å². The maximum atomic E-state index is 8.54. The molecule has 0 fully saturated rings. The molecule has 2 nitrogen and oxygen atoms in total. The van der Waals surface area contributed by atoms with E-state index in [1.165, 1.54) is 0 Å². The summed E-state index contributed by atoms with van der Waals surface area (Å²) in [6, 6.07) is 0. The predicted octanol–water partition coefficient (Wildman–Crippen LogP) is -0.0498. The zero-order chi connectivity index (χ0) is 5.70. The summed E-state index contributed by atoms with van der Waals surface area (Å²) in [7, 11) is 0. The molecule has 0 heterocycles. The molecule has 1 atom stereocenters. The molecule has 0 aromatic carbocycles. The van der Waals surface area contributed by atoms with Crippen molar-refractivity contribution in [3.05, 3.63) is 13.5 Å². The molecule has 47 valence electrons. The van der Waals surface area contributed by atoms with Crippen LogP contribution in [0.1, 0.15) is 6.92 Å². The van der Waals surface area contributed by atoms with Crippen molar-refractivity contribution in [2.75, 3.05) is 6.54 Å². The Hall–Kier alpha value is 1.02. The van der Waals surface area contributed by atoms with Crippen LogP contribution in [0.25, 0.3) is 0 Å². The Bertz CT molecular complexity index is 41.4. The van der Waals surface area contributed by atoms with E-state index in [4.69, 9.17) is 5.11 Å². The molecule has 1 unspecified atom stereocenters. The quantitative estimate of drug-likeness (QED) is 0.611. The molecule has 0 spiro atoms. The second-order valence-corrected chi connectivity index (χ2v) is 1.36. The first kappa shape index (κ1) is 11.8. The van der Waals surface area contributed by atoms with Gasteiger partial charge in [0.1, 0.15) is 0 Å². The van der Waals surface area contributed by atoms with Crippen molar-refractivity contribution in [2.24, 2.45) is 0 Å². The van der Waals surface area contributed by atoms with Gasteiger partial charge in [0.2, 0.25) is 0 Å². The zero-order valence-electron chi connectivity index (χ0n) is 5.09. The topological polar surface area (TPSA) is 32.3 Å². The van der Waals surface area contributed by atoms with E-state index in [2.05, 4.69) is 12.2 Å². The second-order valence-electron chi connectivity index (χ2n) is 1.36. The number of hydrogen-bond donors (Lipinski definition) is 2. The van der Waals surface area contributed by atoms with Crippen LogP contribution in [0.3, 0.4) is 0 Å². The number of rotatable bonds is 3. The third-order valence-electron chi connectivity index (χ3n) is 0.503. The summed E-state index contributed by atoms with van der Waals surface area (Å²) >= 11 is 0. The van der Waals surface area contributed by atoms with Gasteiger partial charge < -0.3 is 17.3 Å². The molecular formula is C5H11NOY-2. The van der Waals surface area contributed by atoms with E-state index in [0.29, 0.717) is 6.54 Å². The Morgan fingerprint density at radius 3 is 2.50 bits per heavy atom. The largest absolute Gasteiger partial charge is 0.493 e. The van der Waals surface area contributed by atoms with Gasteiger partial charge in [-0.3, -0.25) is 0 Å². The van der Waals surface area contributed by atoms with Crippen molar-refractivity contribution in [3.63, 3.8) is 0 Å². The van der Waals surface area contributed by atoms with Crippen molar-refractivity contribution in [1.29, 1.82) is 0 Å². The fourth-order valence-corrected chi connectivity index (χ4v) is 0.254. The van der Waals surface area contributed by atoms with Crippen LogP contribution < -0.4 is 5.32 Å². The fraction of sp³-hybridized carbons (Fsp3) is 0.600. The first-order valence-corrected chi connectivity index (χ1v) is 2.31. The summed E-state index contributed by atoms with van der Waals surface area (Å²) in [4.78, 5) is 0. The average Bonchev–Trinajstić information content (AvgIpc) is 1.61. The third-order valence-corrected chi connectivity index (χ3v) is 0.503. The zero-order valence-corrected chi connectivity index (χ0v) is 7.93. The van der Waals surface area contributed by atoms with Gasteiger partial charge in [-0.25, -0.2) is 6.54 Å². The van der Waals surface area contributed by atoms with Crippen LogP contribution in [0.4, 0.5) is 0 Å². The van der Waals surface area contributed by atoms with Gasteiger partial charge in [-0.1, -0.05) is 13.0 Å². The van der Waals surface area contributed by atoms with Crippen LogP contribution in [0.2, 0.25) is 0 Å². The Morgan fingerprint density at radius 1 is 1.88 bits per heavy atom. The molecule has 0 aromatic rings. The molecule has 0 bridgehead atoms. The standard InChI is InChI=1S/C5H11NO.Y/c1-3-6-4-5(2)7;/h4-7H,1,3H2,2H3;/q-2;. The first-order chi connectivity index (χ1) is 3.27. The second kappa shape index (κ2) is 8.02. The van der Waals surface area contributed by atoms with Gasteiger partial charge in [0.15, 0.2) is 0 Å². The summed E-state index contributed by atoms with van der Waals surface area (Å²) in [6.45, 7) is 7.41. The molecule has 2 N–H and O–H groups in total. The molecule has 0 aliphatic rings. The Kier molecular flexibility index (Phi) is 11.8. The maximum Gasteiger partial charge on any atom is 0 e.